The van der Waals surface area contributed by atoms with Crippen LogP contribution >= 0.6 is 0 Å². The van der Waals surface area contributed by atoms with E-state index in [1.54, 1.807) is 36.4 Å². The fourth-order valence-corrected chi connectivity index (χ4v) is 5.37. The van der Waals surface area contributed by atoms with Gasteiger partial charge >= 0.3 is 0 Å². The molecule has 0 fully saturated rings. The summed E-state index contributed by atoms with van der Waals surface area (Å²) in [5.74, 6) is -3.48. The number of amides is 5. The van der Waals surface area contributed by atoms with E-state index >= 15 is 0 Å². The van der Waals surface area contributed by atoms with Gasteiger partial charge in [0, 0.05) is 19.3 Å². The molecule has 12 N–H and O–H groups in total. The monoisotopic (exact) mass is 691 g/mol. The summed E-state index contributed by atoms with van der Waals surface area (Å²) in [5.41, 5.74) is 20.3. The van der Waals surface area contributed by atoms with E-state index in [1.807, 2.05) is 12.1 Å². The molecular formula is C36H49N7O7. The van der Waals surface area contributed by atoms with E-state index in [4.69, 9.17) is 17.2 Å². The van der Waals surface area contributed by atoms with Crippen molar-refractivity contribution in [3.8, 4) is 22.6 Å². The standard InChI is InChI=1S/C34H41N7O7.2CH4/c35-12-2-5-26-33(47)41-28(34(48)40-27(32(46)38-18-30(37)44)14-19-6-9-24(42)10-7-19)15-20-3-1-4-21(13-20)22-8-11-29(43)23(16-22)17-25(36)31(45)39-26;;/h1,3-4,6-11,13,16,25-28,42-43H,2,5,12,14-15,17-18,35-36H2,(H2,37,44)(H,38,46)(H,39,45)(H,40,48)(H,41,47);2*1H4/t25-,26-,27-,28-;;/m0../s1. The van der Waals surface area contributed by atoms with Crippen molar-refractivity contribution in [1.29, 1.82) is 0 Å². The Labute approximate surface area is 292 Å². The zero-order chi connectivity index (χ0) is 34.8. The number of phenols is 2. The molecule has 14 heteroatoms. The maximum atomic E-state index is 14.0. The molecule has 1 aliphatic heterocycles. The molecule has 270 valence electrons. The molecule has 50 heavy (non-hydrogen) atoms. The van der Waals surface area contributed by atoms with E-state index < -0.39 is 60.2 Å². The number of nitrogens with one attached hydrogen (secondary N) is 4. The van der Waals surface area contributed by atoms with Crippen molar-refractivity contribution in [1.82, 2.24) is 21.3 Å². The average Bonchev–Trinajstić information content (AvgIpc) is 3.06. The molecule has 3 aromatic rings. The van der Waals surface area contributed by atoms with Gasteiger partial charge in [-0.05, 0) is 71.5 Å². The van der Waals surface area contributed by atoms with Gasteiger partial charge in [-0.25, -0.2) is 0 Å². The molecular weight excluding hydrogens is 642 g/mol. The van der Waals surface area contributed by atoms with Crippen molar-refractivity contribution in [2.75, 3.05) is 13.1 Å². The quantitative estimate of drug-likeness (QED) is 0.143. The minimum Gasteiger partial charge on any atom is -0.508 e. The van der Waals surface area contributed by atoms with Crippen LogP contribution in [0.3, 0.4) is 0 Å². The molecule has 0 saturated carbocycles. The van der Waals surface area contributed by atoms with Gasteiger partial charge in [0.05, 0.1) is 12.6 Å². The second-order valence-electron chi connectivity index (χ2n) is 11.7. The minimum atomic E-state index is -1.22. The topological polar surface area (TPSA) is 252 Å². The molecule has 0 saturated heterocycles. The Morgan fingerprint density at radius 1 is 0.900 bits per heavy atom. The van der Waals surface area contributed by atoms with Crippen molar-refractivity contribution in [2.45, 2.75) is 71.1 Å². The van der Waals surface area contributed by atoms with Crippen molar-refractivity contribution in [2.24, 2.45) is 17.2 Å². The van der Waals surface area contributed by atoms with E-state index in [0.717, 1.165) is 11.1 Å². The van der Waals surface area contributed by atoms with Gasteiger partial charge in [-0.15, -0.1) is 0 Å². The van der Waals surface area contributed by atoms with Crippen LogP contribution in [-0.2, 0) is 43.2 Å². The summed E-state index contributed by atoms with van der Waals surface area (Å²) in [4.78, 5) is 65.3. The summed E-state index contributed by atoms with van der Waals surface area (Å²) in [7, 11) is 0. The molecule has 0 radical (unpaired) electrons. The van der Waals surface area contributed by atoms with Crippen LogP contribution in [0.4, 0.5) is 0 Å². The van der Waals surface area contributed by atoms with Crippen LogP contribution in [0.2, 0.25) is 0 Å². The Balaban J connectivity index is 0.00000433. The molecule has 4 bridgehead atoms. The minimum absolute atomic E-state index is 0. The summed E-state index contributed by atoms with van der Waals surface area (Å²) in [6.07, 6.45) is 0.529. The molecule has 1 aliphatic rings. The summed E-state index contributed by atoms with van der Waals surface area (Å²) >= 11 is 0. The van der Waals surface area contributed by atoms with E-state index in [1.165, 1.54) is 18.2 Å². The predicted octanol–water partition coefficient (Wildman–Crippen LogP) is 0.500. The number of aromatic hydroxyl groups is 2. The normalized spacial score (nSPS) is 17.9. The third kappa shape index (κ3) is 11.3. The molecule has 4 atom stereocenters. The number of carbonyl (C=O) groups excluding carboxylic acids is 5. The molecule has 0 aromatic heterocycles. The number of hydrogen-bond acceptors (Lipinski definition) is 9. The van der Waals surface area contributed by atoms with Gasteiger partial charge in [-0.2, -0.15) is 0 Å². The van der Waals surface area contributed by atoms with Crippen LogP contribution in [0.15, 0.2) is 66.7 Å². The maximum Gasteiger partial charge on any atom is 0.243 e. The van der Waals surface area contributed by atoms with Gasteiger partial charge < -0.3 is 48.7 Å². The Kier molecular flexibility index (Phi) is 15.4. The van der Waals surface area contributed by atoms with E-state index in [9.17, 15) is 34.2 Å². The number of fused-ring (bicyclic) bond motifs is 5. The highest BCUT2D eigenvalue weighted by Gasteiger charge is 2.31. The zero-order valence-corrected chi connectivity index (χ0v) is 26.3. The second-order valence-corrected chi connectivity index (χ2v) is 11.7. The number of primary amides is 1. The number of nitrogens with two attached hydrogens (primary N) is 3. The summed E-state index contributed by atoms with van der Waals surface area (Å²) < 4.78 is 0. The zero-order valence-electron chi connectivity index (χ0n) is 26.3. The van der Waals surface area contributed by atoms with E-state index in [0.29, 0.717) is 23.1 Å². The van der Waals surface area contributed by atoms with Crippen molar-refractivity contribution >= 4 is 29.5 Å². The third-order valence-electron chi connectivity index (χ3n) is 7.97. The summed E-state index contributed by atoms with van der Waals surface area (Å²) in [5, 5.41) is 30.7. The van der Waals surface area contributed by atoms with Gasteiger partial charge in [-0.1, -0.05) is 57.3 Å². The highest BCUT2D eigenvalue weighted by Crippen LogP contribution is 2.28. The maximum absolute atomic E-state index is 14.0. The lowest BCUT2D eigenvalue weighted by Crippen LogP contribution is -2.59. The predicted molar refractivity (Wildman–Crippen MR) is 190 cm³/mol. The molecule has 14 nitrogen and oxygen atoms in total. The Bertz CT molecular complexity index is 1650. The molecule has 1 heterocycles. The van der Waals surface area contributed by atoms with E-state index in [-0.39, 0.29) is 58.6 Å². The Morgan fingerprint density at radius 3 is 2.28 bits per heavy atom. The number of benzene rings is 3. The Hall–Kier alpha value is -5.47. The average molecular weight is 692 g/mol. The number of phenolic OH excluding ortho intramolecular Hbond substituents is 2. The molecule has 3 aromatic carbocycles. The van der Waals surface area contributed by atoms with Crippen LogP contribution in [0.5, 0.6) is 11.5 Å². The number of rotatable bonds is 10. The fourth-order valence-electron chi connectivity index (χ4n) is 5.37. The van der Waals surface area contributed by atoms with Crippen LogP contribution in [0.1, 0.15) is 44.4 Å². The van der Waals surface area contributed by atoms with Crippen molar-refractivity contribution in [3.63, 3.8) is 0 Å². The van der Waals surface area contributed by atoms with Crippen LogP contribution in [-0.4, -0.2) is 77.0 Å². The molecule has 0 spiro atoms. The third-order valence-corrected chi connectivity index (χ3v) is 7.97. The van der Waals surface area contributed by atoms with Crippen molar-refractivity contribution in [3.05, 3.63) is 83.4 Å². The lowest BCUT2D eigenvalue weighted by Gasteiger charge is -2.26. The molecule has 0 unspecified atom stereocenters. The number of hydrogen-bond donors (Lipinski definition) is 9. The van der Waals surface area contributed by atoms with Crippen molar-refractivity contribution < 1.29 is 34.2 Å². The van der Waals surface area contributed by atoms with Gasteiger partial charge in [0.1, 0.15) is 29.6 Å². The van der Waals surface area contributed by atoms with Gasteiger partial charge in [0.2, 0.25) is 29.5 Å². The fraction of sp³-hybridized carbons (Fsp3) is 0.361. The highest BCUT2D eigenvalue weighted by molar-refractivity contribution is 5.95. The first-order chi connectivity index (χ1) is 22.9. The smallest absolute Gasteiger partial charge is 0.243 e. The lowest BCUT2D eigenvalue weighted by molar-refractivity contribution is -0.134. The largest absolute Gasteiger partial charge is 0.508 e. The first-order valence-electron chi connectivity index (χ1n) is 15.6. The second kappa shape index (κ2) is 18.9. The molecule has 4 rings (SSSR count). The van der Waals surface area contributed by atoms with Crippen LogP contribution in [0, 0.1) is 0 Å². The number of carbonyl (C=O) groups is 5. The SMILES string of the molecule is C.C.NCCC[C@@H]1NC(=O)[C@@H](N)Cc2cc(ccc2O)-c2cccc(c2)C[C@@H](C(=O)N[C@@H](Cc2ccc(O)cc2)C(=O)NCC(N)=O)NC1=O. The summed E-state index contributed by atoms with van der Waals surface area (Å²) in [6, 6.07) is 13.6. The Morgan fingerprint density at radius 2 is 1.60 bits per heavy atom. The van der Waals surface area contributed by atoms with Crippen LogP contribution in [0.25, 0.3) is 11.1 Å². The highest BCUT2D eigenvalue weighted by atomic mass is 16.3. The molecule has 0 aliphatic carbocycles. The van der Waals surface area contributed by atoms with E-state index in [2.05, 4.69) is 21.3 Å². The molecule has 5 amide bonds. The van der Waals surface area contributed by atoms with Gasteiger partial charge in [0.25, 0.3) is 0 Å². The first-order valence-corrected chi connectivity index (χ1v) is 15.6. The van der Waals surface area contributed by atoms with Gasteiger partial charge in [-0.3, -0.25) is 24.0 Å². The lowest BCUT2D eigenvalue weighted by atomic mass is 9.96. The summed E-state index contributed by atoms with van der Waals surface area (Å²) in [6.45, 7) is -0.222. The van der Waals surface area contributed by atoms with Gasteiger partial charge in [0.15, 0.2) is 0 Å². The first kappa shape index (κ1) is 40.7. The van der Waals surface area contributed by atoms with Crippen LogP contribution < -0.4 is 38.5 Å².